The molecule has 4 rings (SSSR count). The maximum absolute atomic E-state index is 11.9. The minimum absolute atomic E-state index is 0.182. The summed E-state index contributed by atoms with van der Waals surface area (Å²) in [6.45, 7) is 7.39. The van der Waals surface area contributed by atoms with Gasteiger partial charge < -0.3 is 9.72 Å². The third-order valence-corrected chi connectivity index (χ3v) is 4.89. The predicted octanol–water partition coefficient (Wildman–Crippen LogP) is 1.04. The number of fused-ring (bicyclic) bond motifs is 1. The zero-order valence-electron chi connectivity index (χ0n) is 14.2. The number of aromatic nitrogens is 2. The summed E-state index contributed by atoms with van der Waals surface area (Å²) in [5.41, 5.74) is 3.36. The van der Waals surface area contributed by atoms with Crippen molar-refractivity contribution in [3.8, 4) is 0 Å². The molecule has 1 aliphatic carbocycles. The van der Waals surface area contributed by atoms with Gasteiger partial charge in [0.15, 0.2) is 0 Å². The molecule has 2 aromatic heterocycles. The molecule has 1 saturated carbocycles. The van der Waals surface area contributed by atoms with Crippen LogP contribution in [0.1, 0.15) is 24.1 Å². The van der Waals surface area contributed by atoms with E-state index in [1.807, 2.05) is 0 Å². The fourth-order valence-corrected chi connectivity index (χ4v) is 3.32. The maximum atomic E-state index is 11.9. The van der Waals surface area contributed by atoms with Crippen LogP contribution in [0.3, 0.4) is 0 Å². The summed E-state index contributed by atoms with van der Waals surface area (Å²) in [5.74, 6) is 0.182. The van der Waals surface area contributed by atoms with Gasteiger partial charge in [-0.2, -0.15) is 0 Å². The molecular weight excluding hydrogens is 302 g/mol. The Kier molecular flexibility index (Phi) is 4.24. The molecule has 24 heavy (non-hydrogen) atoms. The second-order valence-electron chi connectivity index (χ2n) is 7.05. The molecule has 0 atom stereocenters. The van der Waals surface area contributed by atoms with Crippen LogP contribution in [-0.4, -0.2) is 63.9 Å². The van der Waals surface area contributed by atoms with E-state index in [1.165, 1.54) is 5.56 Å². The third-order valence-electron chi connectivity index (χ3n) is 4.89. The van der Waals surface area contributed by atoms with E-state index in [0.29, 0.717) is 12.6 Å². The lowest BCUT2D eigenvalue weighted by Gasteiger charge is -2.33. The molecular formula is C18H25N5O. The standard InChI is InChI=1S/C18H25N5O/c1-14-3-2-6-23-12-16(20-18(14)23)11-21-7-9-22(10-8-21)13-17(24)19-15-4-5-15/h2-3,6,12,15H,4-5,7-11,13H2,1H3,(H,19,24). The molecule has 1 saturated heterocycles. The second-order valence-corrected chi connectivity index (χ2v) is 7.05. The van der Waals surface area contributed by atoms with Crippen LogP contribution >= 0.6 is 0 Å². The minimum atomic E-state index is 0.182. The maximum Gasteiger partial charge on any atom is 0.234 e. The molecule has 1 N–H and O–H groups in total. The first-order chi connectivity index (χ1) is 11.7. The first-order valence-electron chi connectivity index (χ1n) is 8.85. The number of nitrogens with zero attached hydrogens (tertiary/aromatic N) is 4. The predicted molar refractivity (Wildman–Crippen MR) is 92.8 cm³/mol. The van der Waals surface area contributed by atoms with Crippen LogP contribution in [0, 0.1) is 6.92 Å². The molecule has 0 spiro atoms. The molecule has 2 aromatic rings. The van der Waals surface area contributed by atoms with E-state index in [9.17, 15) is 4.79 Å². The average Bonchev–Trinajstić information content (AvgIpc) is 3.26. The molecule has 3 heterocycles. The summed E-state index contributed by atoms with van der Waals surface area (Å²) in [5, 5.41) is 3.07. The van der Waals surface area contributed by atoms with E-state index in [1.54, 1.807) is 0 Å². The number of hydrogen-bond acceptors (Lipinski definition) is 4. The first kappa shape index (κ1) is 15.6. The molecule has 0 unspecified atom stereocenters. The highest BCUT2D eigenvalue weighted by atomic mass is 16.2. The molecule has 128 valence electrons. The van der Waals surface area contributed by atoms with Gasteiger partial charge in [0.05, 0.1) is 12.2 Å². The fraction of sp³-hybridized carbons (Fsp3) is 0.556. The van der Waals surface area contributed by atoms with Crippen LogP contribution < -0.4 is 5.32 Å². The van der Waals surface area contributed by atoms with Gasteiger partial charge in [0.1, 0.15) is 5.65 Å². The molecule has 2 aliphatic rings. The van der Waals surface area contributed by atoms with Crippen LogP contribution in [-0.2, 0) is 11.3 Å². The summed E-state index contributed by atoms with van der Waals surface area (Å²) in [7, 11) is 0. The number of nitrogens with one attached hydrogen (secondary N) is 1. The van der Waals surface area contributed by atoms with Crippen LogP contribution in [0.25, 0.3) is 5.65 Å². The number of carbonyl (C=O) groups excluding carboxylic acids is 1. The fourth-order valence-electron chi connectivity index (χ4n) is 3.32. The summed E-state index contributed by atoms with van der Waals surface area (Å²) < 4.78 is 2.10. The zero-order valence-corrected chi connectivity index (χ0v) is 14.2. The second kappa shape index (κ2) is 6.53. The lowest BCUT2D eigenvalue weighted by atomic mass is 10.3. The first-order valence-corrected chi connectivity index (χ1v) is 8.85. The SMILES string of the molecule is Cc1cccn2cc(CN3CCN(CC(=O)NC4CC4)CC3)nc12. The smallest absolute Gasteiger partial charge is 0.234 e. The Morgan fingerprint density at radius 1 is 1.25 bits per heavy atom. The molecule has 0 aromatic carbocycles. The lowest BCUT2D eigenvalue weighted by molar-refractivity contribution is -0.122. The topological polar surface area (TPSA) is 52.9 Å². The number of carbonyl (C=O) groups is 1. The van der Waals surface area contributed by atoms with Gasteiger partial charge in [-0.3, -0.25) is 14.6 Å². The van der Waals surface area contributed by atoms with Crippen LogP contribution in [0.5, 0.6) is 0 Å². The van der Waals surface area contributed by atoms with Crippen LogP contribution in [0.2, 0.25) is 0 Å². The van der Waals surface area contributed by atoms with E-state index >= 15 is 0 Å². The van der Waals surface area contributed by atoms with Crippen molar-refractivity contribution in [3.63, 3.8) is 0 Å². The number of imidazole rings is 1. The van der Waals surface area contributed by atoms with Gasteiger partial charge in [0, 0.05) is 51.2 Å². The Balaban J connectivity index is 1.29. The zero-order chi connectivity index (χ0) is 16.5. The summed E-state index contributed by atoms with van der Waals surface area (Å²) >= 11 is 0. The van der Waals surface area contributed by atoms with Gasteiger partial charge in [-0.25, -0.2) is 4.98 Å². The Hall–Kier alpha value is -1.92. The van der Waals surface area contributed by atoms with E-state index in [2.05, 4.69) is 51.0 Å². The molecule has 0 radical (unpaired) electrons. The monoisotopic (exact) mass is 327 g/mol. The van der Waals surface area contributed by atoms with Gasteiger partial charge in [0.2, 0.25) is 5.91 Å². The number of piperazine rings is 1. The van der Waals surface area contributed by atoms with E-state index in [4.69, 9.17) is 4.98 Å². The molecule has 1 aliphatic heterocycles. The number of aryl methyl sites for hydroxylation is 1. The van der Waals surface area contributed by atoms with Crippen molar-refractivity contribution in [2.75, 3.05) is 32.7 Å². The highest BCUT2D eigenvalue weighted by molar-refractivity contribution is 5.78. The molecule has 1 amide bonds. The van der Waals surface area contributed by atoms with E-state index in [-0.39, 0.29) is 5.91 Å². The van der Waals surface area contributed by atoms with Crippen molar-refractivity contribution < 1.29 is 4.79 Å². The minimum Gasteiger partial charge on any atom is -0.352 e. The number of rotatable bonds is 5. The highest BCUT2D eigenvalue weighted by Crippen LogP contribution is 2.18. The van der Waals surface area contributed by atoms with Crippen molar-refractivity contribution >= 4 is 11.6 Å². The van der Waals surface area contributed by atoms with Gasteiger partial charge in [-0.15, -0.1) is 0 Å². The normalized spacial score (nSPS) is 19.7. The Morgan fingerprint density at radius 2 is 2.00 bits per heavy atom. The van der Waals surface area contributed by atoms with Crippen LogP contribution in [0.4, 0.5) is 0 Å². The Labute approximate surface area is 142 Å². The molecule has 0 bridgehead atoms. The number of pyridine rings is 1. The Bertz CT molecular complexity index is 728. The van der Waals surface area contributed by atoms with Crippen molar-refractivity contribution in [1.82, 2.24) is 24.5 Å². The lowest BCUT2D eigenvalue weighted by Crippen LogP contribution is -2.49. The van der Waals surface area contributed by atoms with Crippen molar-refractivity contribution in [2.45, 2.75) is 32.4 Å². The van der Waals surface area contributed by atoms with Crippen molar-refractivity contribution in [3.05, 3.63) is 35.8 Å². The van der Waals surface area contributed by atoms with Gasteiger partial charge in [0.25, 0.3) is 0 Å². The molecule has 6 heteroatoms. The van der Waals surface area contributed by atoms with Crippen molar-refractivity contribution in [2.24, 2.45) is 0 Å². The largest absolute Gasteiger partial charge is 0.352 e. The van der Waals surface area contributed by atoms with Gasteiger partial charge >= 0.3 is 0 Å². The number of hydrogen-bond donors (Lipinski definition) is 1. The quantitative estimate of drug-likeness (QED) is 0.891. The summed E-state index contributed by atoms with van der Waals surface area (Å²) in [6.07, 6.45) is 6.48. The molecule has 6 nitrogen and oxygen atoms in total. The van der Waals surface area contributed by atoms with Gasteiger partial charge in [-0.05, 0) is 31.4 Å². The van der Waals surface area contributed by atoms with Gasteiger partial charge in [-0.1, -0.05) is 6.07 Å². The molecule has 2 fully saturated rings. The summed E-state index contributed by atoms with van der Waals surface area (Å²) in [4.78, 5) is 21.3. The van der Waals surface area contributed by atoms with Crippen LogP contribution in [0.15, 0.2) is 24.5 Å². The number of amides is 1. The Morgan fingerprint density at radius 3 is 2.71 bits per heavy atom. The summed E-state index contributed by atoms with van der Waals surface area (Å²) in [6, 6.07) is 4.61. The van der Waals surface area contributed by atoms with E-state index < -0.39 is 0 Å². The van der Waals surface area contributed by atoms with E-state index in [0.717, 1.165) is 56.9 Å². The highest BCUT2D eigenvalue weighted by Gasteiger charge is 2.25. The average molecular weight is 327 g/mol. The third kappa shape index (κ3) is 3.60. The van der Waals surface area contributed by atoms with Crippen molar-refractivity contribution in [1.29, 1.82) is 0 Å².